The standard InChI is InChI=1S/C14H19FN2O/c1-9(2)16-12-6-7-17(14(12)18)13-8-10(3)4-5-11(13)15/h4-5,8-9,12,16H,6-7H2,1-3H3. The van der Waals surface area contributed by atoms with Gasteiger partial charge in [0.15, 0.2) is 0 Å². The highest BCUT2D eigenvalue weighted by Crippen LogP contribution is 2.25. The molecule has 1 atom stereocenters. The Balaban J connectivity index is 2.20. The number of carbonyl (C=O) groups is 1. The summed E-state index contributed by atoms with van der Waals surface area (Å²) in [7, 11) is 0. The lowest BCUT2D eigenvalue weighted by Gasteiger charge is -2.19. The first kappa shape index (κ1) is 13.0. The predicted octanol–water partition coefficient (Wildman–Crippen LogP) is 2.24. The highest BCUT2D eigenvalue weighted by Gasteiger charge is 2.33. The van der Waals surface area contributed by atoms with Gasteiger partial charge in [-0.1, -0.05) is 19.9 Å². The molecule has 1 fully saturated rings. The normalized spacial score (nSPS) is 19.9. The van der Waals surface area contributed by atoms with Gasteiger partial charge in [0.05, 0.1) is 11.7 Å². The minimum Gasteiger partial charge on any atom is -0.308 e. The molecule has 3 nitrogen and oxygen atoms in total. The topological polar surface area (TPSA) is 32.3 Å². The van der Waals surface area contributed by atoms with Gasteiger partial charge >= 0.3 is 0 Å². The number of anilines is 1. The van der Waals surface area contributed by atoms with Crippen LogP contribution in [0.25, 0.3) is 0 Å². The van der Waals surface area contributed by atoms with E-state index < -0.39 is 0 Å². The fourth-order valence-corrected chi connectivity index (χ4v) is 2.31. The second-order valence-electron chi connectivity index (χ2n) is 5.11. The fraction of sp³-hybridized carbons (Fsp3) is 0.500. The van der Waals surface area contributed by atoms with Crippen LogP contribution in [0.2, 0.25) is 0 Å². The van der Waals surface area contributed by atoms with Gasteiger partial charge in [-0.2, -0.15) is 0 Å². The second kappa shape index (κ2) is 5.06. The first-order chi connectivity index (χ1) is 8.49. The van der Waals surface area contributed by atoms with E-state index in [1.54, 1.807) is 17.0 Å². The van der Waals surface area contributed by atoms with Crippen LogP contribution in [0.4, 0.5) is 10.1 Å². The van der Waals surface area contributed by atoms with Gasteiger partial charge < -0.3 is 10.2 Å². The lowest BCUT2D eigenvalue weighted by atomic mass is 10.2. The number of amides is 1. The summed E-state index contributed by atoms with van der Waals surface area (Å²) in [6.07, 6.45) is 0.727. The maximum Gasteiger partial charge on any atom is 0.244 e. The predicted molar refractivity (Wildman–Crippen MR) is 70.2 cm³/mol. The first-order valence-corrected chi connectivity index (χ1v) is 6.32. The fourth-order valence-electron chi connectivity index (χ4n) is 2.31. The van der Waals surface area contributed by atoms with E-state index in [-0.39, 0.29) is 23.8 Å². The van der Waals surface area contributed by atoms with Crippen LogP contribution in [0.15, 0.2) is 18.2 Å². The van der Waals surface area contributed by atoms with E-state index in [1.807, 2.05) is 20.8 Å². The van der Waals surface area contributed by atoms with Crippen LogP contribution in [0.3, 0.4) is 0 Å². The molecule has 1 aliphatic heterocycles. The Bertz CT molecular complexity index is 459. The minimum absolute atomic E-state index is 0.0341. The molecule has 4 heteroatoms. The summed E-state index contributed by atoms with van der Waals surface area (Å²) in [5.74, 6) is -0.368. The summed E-state index contributed by atoms with van der Waals surface area (Å²) in [6.45, 7) is 6.48. The van der Waals surface area contributed by atoms with Crippen molar-refractivity contribution in [1.82, 2.24) is 5.32 Å². The van der Waals surface area contributed by atoms with Crippen molar-refractivity contribution >= 4 is 11.6 Å². The van der Waals surface area contributed by atoms with Crippen LogP contribution in [-0.2, 0) is 4.79 Å². The van der Waals surface area contributed by atoms with Crippen molar-refractivity contribution in [3.63, 3.8) is 0 Å². The van der Waals surface area contributed by atoms with Gasteiger partial charge in [-0.05, 0) is 31.0 Å². The van der Waals surface area contributed by atoms with Gasteiger partial charge in [-0.25, -0.2) is 4.39 Å². The minimum atomic E-state index is -0.334. The summed E-state index contributed by atoms with van der Waals surface area (Å²) in [5, 5.41) is 3.21. The Morgan fingerprint density at radius 2 is 2.17 bits per heavy atom. The molecule has 0 spiro atoms. The molecule has 98 valence electrons. The summed E-state index contributed by atoms with van der Waals surface area (Å²) >= 11 is 0. The molecule has 1 heterocycles. The molecule has 0 aromatic heterocycles. The number of nitrogens with one attached hydrogen (secondary N) is 1. The Kier molecular flexibility index (Phi) is 3.66. The molecular formula is C14H19FN2O. The third-order valence-electron chi connectivity index (χ3n) is 3.13. The number of halogens is 1. The smallest absolute Gasteiger partial charge is 0.244 e. The second-order valence-corrected chi connectivity index (χ2v) is 5.11. The molecule has 1 N–H and O–H groups in total. The van der Waals surface area contributed by atoms with Gasteiger partial charge in [0.25, 0.3) is 0 Å². The number of benzene rings is 1. The zero-order valence-corrected chi connectivity index (χ0v) is 11.0. The molecule has 1 aromatic carbocycles. The van der Waals surface area contributed by atoms with Crippen molar-refractivity contribution in [2.75, 3.05) is 11.4 Å². The molecule has 0 saturated carbocycles. The molecule has 2 rings (SSSR count). The third kappa shape index (κ3) is 2.53. The highest BCUT2D eigenvalue weighted by atomic mass is 19.1. The molecule has 0 bridgehead atoms. The van der Waals surface area contributed by atoms with Gasteiger partial charge in [0.1, 0.15) is 5.82 Å². The number of hydrogen-bond acceptors (Lipinski definition) is 2. The zero-order valence-electron chi connectivity index (χ0n) is 11.0. The van der Waals surface area contributed by atoms with Crippen molar-refractivity contribution in [2.45, 2.75) is 39.3 Å². The van der Waals surface area contributed by atoms with Crippen LogP contribution in [0.1, 0.15) is 25.8 Å². The van der Waals surface area contributed by atoms with Gasteiger partial charge in [0.2, 0.25) is 5.91 Å². The molecule has 0 aliphatic carbocycles. The molecule has 18 heavy (non-hydrogen) atoms. The largest absolute Gasteiger partial charge is 0.308 e. The Labute approximate surface area is 107 Å². The van der Waals surface area contributed by atoms with E-state index in [4.69, 9.17) is 0 Å². The van der Waals surface area contributed by atoms with Crippen molar-refractivity contribution in [1.29, 1.82) is 0 Å². The molecule has 1 aliphatic rings. The molecule has 1 amide bonds. The van der Waals surface area contributed by atoms with Crippen LogP contribution >= 0.6 is 0 Å². The quantitative estimate of drug-likeness (QED) is 0.892. The summed E-state index contributed by atoms with van der Waals surface area (Å²) in [6, 6.07) is 4.92. The van der Waals surface area contributed by atoms with Crippen LogP contribution in [0, 0.1) is 12.7 Å². The lowest BCUT2D eigenvalue weighted by molar-refractivity contribution is -0.119. The van der Waals surface area contributed by atoms with Gasteiger partial charge in [-0.15, -0.1) is 0 Å². The first-order valence-electron chi connectivity index (χ1n) is 6.32. The maximum absolute atomic E-state index is 13.8. The molecule has 0 radical (unpaired) electrons. The van der Waals surface area contributed by atoms with E-state index in [2.05, 4.69) is 5.32 Å². The third-order valence-corrected chi connectivity index (χ3v) is 3.13. The average Bonchev–Trinajstić information content (AvgIpc) is 2.64. The van der Waals surface area contributed by atoms with E-state index >= 15 is 0 Å². The summed E-state index contributed by atoms with van der Waals surface area (Å²) in [4.78, 5) is 13.7. The van der Waals surface area contributed by atoms with Crippen LogP contribution in [-0.4, -0.2) is 24.5 Å². The Morgan fingerprint density at radius 3 is 2.83 bits per heavy atom. The van der Waals surface area contributed by atoms with E-state index in [0.29, 0.717) is 12.2 Å². The zero-order chi connectivity index (χ0) is 13.3. The molecule has 1 aromatic rings. The Hall–Kier alpha value is -1.42. The number of nitrogens with zero attached hydrogens (tertiary/aromatic N) is 1. The average molecular weight is 250 g/mol. The van der Waals surface area contributed by atoms with Gasteiger partial charge in [0, 0.05) is 12.6 Å². The SMILES string of the molecule is Cc1ccc(F)c(N2CCC(NC(C)C)C2=O)c1. The lowest BCUT2D eigenvalue weighted by Crippen LogP contribution is -2.41. The van der Waals surface area contributed by atoms with Crippen LogP contribution < -0.4 is 10.2 Å². The van der Waals surface area contributed by atoms with E-state index in [0.717, 1.165) is 12.0 Å². The van der Waals surface area contributed by atoms with Gasteiger partial charge in [-0.3, -0.25) is 4.79 Å². The van der Waals surface area contributed by atoms with Crippen molar-refractivity contribution < 1.29 is 9.18 Å². The monoisotopic (exact) mass is 250 g/mol. The number of hydrogen-bond donors (Lipinski definition) is 1. The molecule has 1 saturated heterocycles. The summed E-state index contributed by atoms with van der Waals surface area (Å²) < 4.78 is 13.8. The van der Waals surface area contributed by atoms with Crippen LogP contribution in [0.5, 0.6) is 0 Å². The van der Waals surface area contributed by atoms with Crippen molar-refractivity contribution in [3.8, 4) is 0 Å². The number of carbonyl (C=O) groups excluding carboxylic acids is 1. The molecular weight excluding hydrogens is 231 g/mol. The van der Waals surface area contributed by atoms with E-state index in [1.165, 1.54) is 6.07 Å². The van der Waals surface area contributed by atoms with Crippen molar-refractivity contribution in [2.24, 2.45) is 0 Å². The Morgan fingerprint density at radius 1 is 1.44 bits per heavy atom. The summed E-state index contributed by atoms with van der Waals surface area (Å²) in [5.41, 5.74) is 1.35. The van der Waals surface area contributed by atoms with E-state index in [9.17, 15) is 9.18 Å². The van der Waals surface area contributed by atoms with Crippen molar-refractivity contribution in [3.05, 3.63) is 29.6 Å². The number of rotatable bonds is 3. The highest BCUT2D eigenvalue weighted by molar-refractivity contribution is 5.99. The maximum atomic E-state index is 13.8. The molecule has 1 unspecified atom stereocenters. The number of aryl methyl sites for hydroxylation is 1.